The predicted octanol–water partition coefficient (Wildman–Crippen LogP) is 5.46. The number of para-hydroxylation sites is 1. The Morgan fingerprint density at radius 2 is 1.58 bits per heavy atom. The molecule has 0 fully saturated rings. The van der Waals surface area contributed by atoms with E-state index in [2.05, 4.69) is 15.2 Å². The molecule has 5 aromatic rings. The Labute approximate surface area is 183 Å². The summed E-state index contributed by atoms with van der Waals surface area (Å²) in [6.07, 6.45) is 1.73. The van der Waals surface area contributed by atoms with Crippen molar-refractivity contribution in [3.05, 3.63) is 103 Å². The minimum atomic E-state index is 0.0535. The summed E-state index contributed by atoms with van der Waals surface area (Å²) in [7, 11) is 0. The summed E-state index contributed by atoms with van der Waals surface area (Å²) in [6.45, 7) is 0. The number of carbonyl (C=O) groups is 1. The fraction of sp³-hybridized carbons (Fsp3) is 0.0400. The van der Waals surface area contributed by atoms with Gasteiger partial charge in [0.1, 0.15) is 5.69 Å². The molecular formula is C25H18N4OS. The van der Waals surface area contributed by atoms with Gasteiger partial charge in [-0.1, -0.05) is 72.4 Å². The van der Waals surface area contributed by atoms with Crippen LogP contribution in [0.5, 0.6) is 0 Å². The van der Waals surface area contributed by atoms with Gasteiger partial charge in [0, 0.05) is 17.4 Å². The Kier molecular flexibility index (Phi) is 5.29. The highest BCUT2D eigenvalue weighted by molar-refractivity contribution is 7.99. The molecule has 31 heavy (non-hydrogen) atoms. The fourth-order valence-electron chi connectivity index (χ4n) is 3.41. The van der Waals surface area contributed by atoms with Gasteiger partial charge in [-0.05, 0) is 41.1 Å². The number of thioether (sulfide) groups is 1. The molecule has 2 heterocycles. The molecular weight excluding hydrogens is 404 g/mol. The number of aromatic nitrogens is 4. The van der Waals surface area contributed by atoms with E-state index in [1.807, 2.05) is 95.6 Å². The van der Waals surface area contributed by atoms with Gasteiger partial charge in [0.05, 0.1) is 5.75 Å². The number of hydrogen-bond donors (Lipinski definition) is 0. The minimum absolute atomic E-state index is 0.0535. The van der Waals surface area contributed by atoms with E-state index in [0.29, 0.717) is 16.5 Å². The van der Waals surface area contributed by atoms with E-state index in [0.717, 1.165) is 22.2 Å². The molecule has 0 spiro atoms. The third-order valence-corrected chi connectivity index (χ3v) is 5.87. The van der Waals surface area contributed by atoms with Crippen molar-refractivity contribution in [2.45, 2.75) is 5.16 Å². The van der Waals surface area contributed by atoms with Crippen LogP contribution in [-0.2, 0) is 0 Å². The molecule has 0 radical (unpaired) electrons. The molecule has 0 unspecified atom stereocenters. The quantitative estimate of drug-likeness (QED) is 0.269. The van der Waals surface area contributed by atoms with Crippen LogP contribution in [0, 0.1) is 0 Å². The maximum absolute atomic E-state index is 12.9. The third kappa shape index (κ3) is 3.98. The maximum Gasteiger partial charge on any atom is 0.196 e. The van der Waals surface area contributed by atoms with Crippen molar-refractivity contribution >= 4 is 28.3 Å². The first kappa shape index (κ1) is 19.2. The molecule has 5 nitrogen and oxygen atoms in total. The van der Waals surface area contributed by atoms with E-state index in [9.17, 15) is 4.79 Å². The molecule has 2 aromatic heterocycles. The van der Waals surface area contributed by atoms with Crippen molar-refractivity contribution < 1.29 is 4.79 Å². The predicted molar refractivity (Wildman–Crippen MR) is 124 cm³/mol. The van der Waals surface area contributed by atoms with E-state index in [4.69, 9.17) is 0 Å². The largest absolute Gasteiger partial charge is 0.293 e. The van der Waals surface area contributed by atoms with Crippen molar-refractivity contribution in [2.75, 3.05) is 5.75 Å². The van der Waals surface area contributed by atoms with Gasteiger partial charge in [0.2, 0.25) is 0 Å². The normalized spacial score (nSPS) is 11.0. The van der Waals surface area contributed by atoms with Crippen LogP contribution in [0.15, 0.2) is 102 Å². The first-order valence-corrected chi connectivity index (χ1v) is 10.9. The van der Waals surface area contributed by atoms with Gasteiger partial charge in [0.25, 0.3) is 0 Å². The molecule has 6 heteroatoms. The lowest BCUT2D eigenvalue weighted by Crippen LogP contribution is -2.05. The summed E-state index contributed by atoms with van der Waals surface area (Å²) in [5.74, 6) is 0.969. The smallest absolute Gasteiger partial charge is 0.196 e. The summed E-state index contributed by atoms with van der Waals surface area (Å²) in [5.41, 5.74) is 2.35. The number of rotatable bonds is 6. The zero-order valence-electron chi connectivity index (χ0n) is 16.6. The molecule has 0 bridgehead atoms. The van der Waals surface area contributed by atoms with E-state index >= 15 is 0 Å². The Morgan fingerprint density at radius 1 is 0.806 bits per heavy atom. The molecule has 0 aliphatic heterocycles. The van der Waals surface area contributed by atoms with Crippen molar-refractivity contribution in [2.24, 2.45) is 0 Å². The van der Waals surface area contributed by atoms with Crippen LogP contribution in [0.3, 0.4) is 0 Å². The molecule has 3 aromatic carbocycles. The van der Waals surface area contributed by atoms with Gasteiger partial charge < -0.3 is 0 Å². The van der Waals surface area contributed by atoms with Crippen molar-refractivity contribution in [1.82, 2.24) is 19.7 Å². The topological polar surface area (TPSA) is 60.7 Å². The number of carbonyl (C=O) groups excluding carboxylic acids is 1. The number of ketones is 1. The molecule has 0 aliphatic rings. The van der Waals surface area contributed by atoms with Gasteiger partial charge in [-0.2, -0.15) is 0 Å². The summed E-state index contributed by atoms with van der Waals surface area (Å²) in [5, 5.41) is 11.6. The standard InChI is InChI=1S/C25H18N4OS/c30-23(20-14-13-18-8-4-5-9-19(18)16-20)17-31-25-28-27-24(22-12-6-7-15-26-22)29(25)21-10-2-1-3-11-21/h1-16H,17H2. The van der Waals surface area contributed by atoms with Crippen LogP contribution < -0.4 is 0 Å². The molecule has 0 aliphatic carbocycles. The van der Waals surface area contributed by atoms with Crippen molar-refractivity contribution in [3.63, 3.8) is 0 Å². The van der Waals surface area contributed by atoms with Crippen molar-refractivity contribution in [1.29, 1.82) is 0 Å². The zero-order chi connectivity index (χ0) is 21.0. The third-order valence-electron chi connectivity index (χ3n) is 4.95. The number of Topliss-reactive ketones (excluding diaryl/α,β-unsaturated/α-hetero) is 1. The van der Waals surface area contributed by atoms with Crippen LogP contribution >= 0.6 is 11.8 Å². The summed E-state index contributed by atoms with van der Waals surface area (Å²) in [6, 6.07) is 29.4. The van der Waals surface area contributed by atoms with Crippen LogP contribution in [0.2, 0.25) is 0 Å². The SMILES string of the molecule is O=C(CSc1nnc(-c2ccccn2)n1-c1ccccc1)c1ccc2ccccc2c1. The molecule has 0 amide bonds. The summed E-state index contributed by atoms with van der Waals surface area (Å²) >= 11 is 1.38. The first-order valence-electron chi connectivity index (χ1n) is 9.87. The summed E-state index contributed by atoms with van der Waals surface area (Å²) in [4.78, 5) is 17.3. The summed E-state index contributed by atoms with van der Waals surface area (Å²) < 4.78 is 1.95. The van der Waals surface area contributed by atoms with Crippen LogP contribution in [-0.4, -0.2) is 31.3 Å². The van der Waals surface area contributed by atoms with Gasteiger partial charge in [-0.3, -0.25) is 14.3 Å². The highest BCUT2D eigenvalue weighted by atomic mass is 32.2. The average molecular weight is 423 g/mol. The lowest BCUT2D eigenvalue weighted by Gasteiger charge is -2.10. The lowest BCUT2D eigenvalue weighted by atomic mass is 10.1. The number of pyridine rings is 1. The second-order valence-electron chi connectivity index (χ2n) is 6.97. The molecule has 0 saturated carbocycles. The molecule has 0 atom stereocenters. The van der Waals surface area contributed by atoms with Crippen molar-refractivity contribution in [3.8, 4) is 17.2 Å². The Balaban J connectivity index is 1.45. The highest BCUT2D eigenvalue weighted by Crippen LogP contribution is 2.27. The van der Waals surface area contributed by atoms with Gasteiger partial charge >= 0.3 is 0 Å². The van der Waals surface area contributed by atoms with E-state index in [1.54, 1.807) is 6.20 Å². The average Bonchev–Trinajstić information content (AvgIpc) is 3.27. The van der Waals surface area contributed by atoms with E-state index in [1.165, 1.54) is 11.8 Å². The number of benzene rings is 3. The Bertz CT molecular complexity index is 1350. The fourth-order valence-corrected chi connectivity index (χ4v) is 4.26. The van der Waals surface area contributed by atoms with Crippen LogP contribution in [0.1, 0.15) is 10.4 Å². The Morgan fingerprint density at radius 3 is 2.39 bits per heavy atom. The second kappa shape index (κ2) is 8.53. The maximum atomic E-state index is 12.9. The number of nitrogens with zero attached hydrogens (tertiary/aromatic N) is 4. The molecule has 150 valence electrons. The van der Waals surface area contributed by atoms with Crippen LogP contribution in [0.25, 0.3) is 28.0 Å². The molecule has 0 saturated heterocycles. The van der Waals surface area contributed by atoms with Gasteiger partial charge in [0.15, 0.2) is 16.8 Å². The second-order valence-corrected chi connectivity index (χ2v) is 7.91. The zero-order valence-corrected chi connectivity index (χ0v) is 17.4. The molecule has 0 N–H and O–H groups in total. The molecule has 5 rings (SSSR count). The Hall–Kier alpha value is -3.77. The number of hydrogen-bond acceptors (Lipinski definition) is 5. The van der Waals surface area contributed by atoms with E-state index in [-0.39, 0.29) is 11.5 Å². The van der Waals surface area contributed by atoms with Gasteiger partial charge in [-0.25, -0.2) is 0 Å². The monoisotopic (exact) mass is 422 g/mol. The van der Waals surface area contributed by atoms with Gasteiger partial charge in [-0.15, -0.1) is 10.2 Å². The van der Waals surface area contributed by atoms with E-state index < -0.39 is 0 Å². The first-order chi connectivity index (χ1) is 15.3. The highest BCUT2D eigenvalue weighted by Gasteiger charge is 2.18. The lowest BCUT2D eigenvalue weighted by molar-refractivity contribution is 0.102. The van der Waals surface area contributed by atoms with Crippen LogP contribution in [0.4, 0.5) is 0 Å². The number of fused-ring (bicyclic) bond motifs is 1. The minimum Gasteiger partial charge on any atom is -0.293 e.